The molecular formula is C57H85NO4. The average Bonchev–Trinajstić information content (AvgIpc) is 3.82. The summed E-state index contributed by atoms with van der Waals surface area (Å²) in [5.41, 5.74) is 4.04. The van der Waals surface area contributed by atoms with Crippen LogP contribution in [-0.4, -0.2) is 48.8 Å². The van der Waals surface area contributed by atoms with Gasteiger partial charge in [-0.2, -0.15) is 0 Å². The molecule has 2 aromatic rings. The predicted molar refractivity (Wildman–Crippen MR) is 251 cm³/mol. The van der Waals surface area contributed by atoms with Crippen LogP contribution in [0.3, 0.4) is 0 Å². The first-order chi connectivity index (χ1) is 29.5. The van der Waals surface area contributed by atoms with E-state index in [1.165, 1.54) is 82.6 Å². The third kappa shape index (κ3) is 7.93. The number of hydrogen-bond donors (Lipinski definition) is 4. The first-order valence-corrected chi connectivity index (χ1v) is 25.9. The number of benzene rings is 1. The molecule has 5 nitrogen and oxygen atoms in total. The van der Waals surface area contributed by atoms with Gasteiger partial charge in [0.05, 0.1) is 23.4 Å². The molecule has 0 radical (unpaired) electrons. The Morgan fingerprint density at radius 1 is 0.597 bits per heavy atom. The highest BCUT2D eigenvalue weighted by molar-refractivity contribution is 5.26. The molecule has 17 atom stereocenters. The molecule has 1 unspecified atom stereocenters. The van der Waals surface area contributed by atoms with Crippen LogP contribution in [0, 0.1) is 74.9 Å². The van der Waals surface area contributed by atoms with E-state index in [0.717, 1.165) is 105 Å². The molecule has 1 aromatic carbocycles. The van der Waals surface area contributed by atoms with Crippen LogP contribution in [-0.2, 0) is 12.8 Å². The van der Waals surface area contributed by atoms with Crippen molar-refractivity contribution in [1.82, 2.24) is 4.98 Å². The van der Waals surface area contributed by atoms with Crippen LogP contribution < -0.4 is 0 Å². The largest absolute Gasteiger partial charge is 0.393 e. The Morgan fingerprint density at radius 2 is 1.19 bits per heavy atom. The molecule has 342 valence electrons. The maximum atomic E-state index is 11.7. The number of aryl methyl sites for hydroxylation is 2. The van der Waals surface area contributed by atoms with Gasteiger partial charge < -0.3 is 20.4 Å². The van der Waals surface area contributed by atoms with E-state index in [9.17, 15) is 20.4 Å². The summed E-state index contributed by atoms with van der Waals surface area (Å²) in [6.07, 6.45) is 27.9. The van der Waals surface area contributed by atoms with E-state index < -0.39 is 11.2 Å². The van der Waals surface area contributed by atoms with Gasteiger partial charge in [0.25, 0.3) is 0 Å². The lowest BCUT2D eigenvalue weighted by Crippen LogP contribution is -2.55. The highest BCUT2D eigenvalue weighted by Gasteiger charge is 2.63. The van der Waals surface area contributed by atoms with Gasteiger partial charge in [0, 0.05) is 11.9 Å². The quantitative estimate of drug-likeness (QED) is 0.199. The Morgan fingerprint density at radius 3 is 1.87 bits per heavy atom. The first kappa shape index (κ1) is 45.1. The summed E-state index contributed by atoms with van der Waals surface area (Å²) in [4.78, 5) is 4.48. The van der Waals surface area contributed by atoms with Crippen molar-refractivity contribution in [1.29, 1.82) is 0 Å². The number of fused-ring (bicyclic) bond motifs is 10. The fourth-order valence-corrected chi connectivity index (χ4v) is 18.2. The summed E-state index contributed by atoms with van der Waals surface area (Å²) < 4.78 is 0. The zero-order valence-corrected chi connectivity index (χ0v) is 39.7. The molecule has 0 saturated heterocycles. The van der Waals surface area contributed by atoms with Gasteiger partial charge in [0.2, 0.25) is 0 Å². The van der Waals surface area contributed by atoms with E-state index >= 15 is 0 Å². The molecule has 1 aromatic heterocycles. The standard InChI is InChI=1S/C29H42O2.C28H43NO2/c1-27-16-14-22(30)19-21(27)9-10-23-24-11-12-26(28(24,2)17-15-25(23)27)29(3,31)18-13-20-7-5-4-6-8-20;1-26-14-12-21(30)18-19(26)7-8-22-23-9-10-25(27(23,2)15-13-24(22)26)28(3,31)16-11-20-6-4-5-17-29-20/h4-9,22-26,30-31H,10-19H2,1-3H3;4-6,17,19,21-25,30-31H,7-16,18H2,1-3H3/t22-,23-,24-,25-,26-,27-,28-,29+;19?,21-,22-,23-,24-,25-,26-,27-,28+/m00/s1. The second-order valence-corrected chi connectivity index (χ2v) is 24.6. The molecule has 8 aliphatic carbocycles. The van der Waals surface area contributed by atoms with Gasteiger partial charge in [0.1, 0.15) is 0 Å². The van der Waals surface area contributed by atoms with Gasteiger partial charge in [-0.1, -0.05) is 75.7 Å². The van der Waals surface area contributed by atoms with Crippen molar-refractivity contribution in [3.05, 3.63) is 77.6 Å². The Bertz CT molecular complexity index is 1880. The van der Waals surface area contributed by atoms with Gasteiger partial charge in [-0.05, 0) is 241 Å². The maximum absolute atomic E-state index is 11.7. The van der Waals surface area contributed by atoms with E-state index in [0.29, 0.717) is 22.7 Å². The highest BCUT2D eigenvalue weighted by atomic mass is 16.3. The third-order valence-corrected chi connectivity index (χ3v) is 21.6. The van der Waals surface area contributed by atoms with Crippen molar-refractivity contribution in [3.8, 4) is 0 Å². The number of pyridine rings is 1. The molecule has 62 heavy (non-hydrogen) atoms. The summed E-state index contributed by atoms with van der Waals surface area (Å²) in [6.45, 7) is 14.4. The van der Waals surface area contributed by atoms with Crippen molar-refractivity contribution in [2.45, 2.75) is 200 Å². The van der Waals surface area contributed by atoms with E-state index in [2.05, 4.69) is 89.0 Å². The van der Waals surface area contributed by atoms with Gasteiger partial charge in [-0.25, -0.2) is 0 Å². The zero-order valence-electron chi connectivity index (χ0n) is 39.7. The van der Waals surface area contributed by atoms with E-state index in [1.807, 2.05) is 18.3 Å². The SMILES string of the molecule is C[C@]12CC[C@H]3[C@@H](CC=C4C[C@@H](O)CC[C@@]43C)[C@@H]1CC[C@@H]2[C@](C)(O)CCc1ccccc1.C[C@]12CC[C@H]3[C@@H](CCC4C[C@@H](O)CC[C@@]43C)[C@@H]1CC[C@@H]2[C@](C)(O)CCc1ccccn1. The minimum absolute atomic E-state index is 0.0615. The van der Waals surface area contributed by atoms with Crippen molar-refractivity contribution >= 4 is 0 Å². The minimum Gasteiger partial charge on any atom is -0.393 e. The van der Waals surface area contributed by atoms with Crippen LogP contribution in [0.5, 0.6) is 0 Å². The van der Waals surface area contributed by atoms with Crippen molar-refractivity contribution in [2.75, 3.05) is 0 Å². The molecule has 8 aliphatic rings. The maximum Gasteiger partial charge on any atom is 0.0656 e. The lowest BCUT2D eigenvalue weighted by atomic mass is 9.44. The van der Waals surface area contributed by atoms with Gasteiger partial charge in [0.15, 0.2) is 0 Å². The van der Waals surface area contributed by atoms with Crippen LogP contribution in [0.2, 0.25) is 0 Å². The topological polar surface area (TPSA) is 93.8 Å². The van der Waals surface area contributed by atoms with E-state index in [4.69, 9.17) is 0 Å². The van der Waals surface area contributed by atoms with Crippen LogP contribution in [0.25, 0.3) is 0 Å². The molecule has 0 spiro atoms. The number of aliphatic hydroxyl groups excluding tert-OH is 2. The van der Waals surface area contributed by atoms with Crippen LogP contribution in [0.15, 0.2) is 66.4 Å². The summed E-state index contributed by atoms with van der Waals surface area (Å²) in [5, 5.41) is 43.9. The monoisotopic (exact) mass is 848 g/mol. The summed E-state index contributed by atoms with van der Waals surface area (Å²) >= 11 is 0. The Labute approximate surface area is 376 Å². The molecule has 0 amide bonds. The lowest BCUT2D eigenvalue weighted by molar-refractivity contribution is -0.144. The minimum atomic E-state index is -0.621. The summed E-state index contributed by atoms with van der Waals surface area (Å²) in [5.74, 6) is 6.21. The Hall–Kier alpha value is -2.05. The molecule has 7 fully saturated rings. The van der Waals surface area contributed by atoms with Crippen molar-refractivity contribution in [3.63, 3.8) is 0 Å². The van der Waals surface area contributed by atoms with Gasteiger partial charge >= 0.3 is 0 Å². The predicted octanol–water partition coefficient (Wildman–Crippen LogP) is 12.1. The number of aromatic nitrogens is 1. The van der Waals surface area contributed by atoms with Gasteiger partial charge in [-0.15, -0.1) is 0 Å². The molecule has 0 aliphatic heterocycles. The Balaban J connectivity index is 0.000000158. The molecule has 1 heterocycles. The molecule has 4 N–H and O–H groups in total. The summed E-state index contributed by atoms with van der Waals surface area (Å²) in [7, 11) is 0. The van der Waals surface area contributed by atoms with E-state index in [-0.39, 0.29) is 23.0 Å². The van der Waals surface area contributed by atoms with Crippen LogP contribution in [0.4, 0.5) is 0 Å². The molecular weight excluding hydrogens is 763 g/mol. The summed E-state index contributed by atoms with van der Waals surface area (Å²) in [6, 6.07) is 16.8. The molecule has 7 saturated carbocycles. The van der Waals surface area contributed by atoms with Crippen LogP contribution in [0.1, 0.15) is 175 Å². The smallest absolute Gasteiger partial charge is 0.0656 e. The third-order valence-electron chi connectivity index (χ3n) is 21.6. The van der Waals surface area contributed by atoms with Crippen molar-refractivity contribution < 1.29 is 20.4 Å². The number of allylic oxidation sites excluding steroid dienone is 1. The fraction of sp³-hybridized carbons (Fsp3) is 0.772. The number of nitrogens with zero attached hydrogens (tertiary/aromatic N) is 1. The molecule has 5 heteroatoms. The van der Waals surface area contributed by atoms with Crippen molar-refractivity contribution in [2.24, 2.45) is 74.9 Å². The second-order valence-electron chi connectivity index (χ2n) is 24.6. The fourth-order valence-electron chi connectivity index (χ4n) is 18.2. The Kier molecular flexibility index (Phi) is 12.4. The highest BCUT2D eigenvalue weighted by Crippen LogP contribution is 2.70. The molecule has 0 bridgehead atoms. The normalized spacial score (nSPS) is 45.2. The number of rotatable bonds is 8. The molecule has 10 rings (SSSR count). The zero-order chi connectivity index (χ0) is 43.7. The van der Waals surface area contributed by atoms with E-state index in [1.54, 1.807) is 5.57 Å². The average molecular weight is 848 g/mol. The number of hydrogen-bond acceptors (Lipinski definition) is 5. The van der Waals surface area contributed by atoms with Gasteiger partial charge in [-0.3, -0.25) is 4.98 Å². The lowest BCUT2D eigenvalue weighted by Gasteiger charge is -2.61. The second kappa shape index (κ2) is 17.0. The van der Waals surface area contributed by atoms with Crippen LogP contribution >= 0.6 is 0 Å². The number of aliphatic hydroxyl groups is 4. The first-order valence-electron chi connectivity index (χ1n) is 25.9.